The molecule has 0 aliphatic carbocycles. The molecule has 3 aromatic rings. The molecule has 1 N–H and O–H groups in total. The Bertz CT molecular complexity index is 1140. The number of nitrogens with zero attached hydrogens (tertiary/aromatic N) is 6. The molecule has 2 unspecified atom stereocenters. The average Bonchev–Trinajstić information content (AvgIpc) is 3.19. The van der Waals surface area contributed by atoms with Crippen molar-refractivity contribution in [3.05, 3.63) is 53.6 Å². The van der Waals surface area contributed by atoms with Crippen molar-refractivity contribution in [3.8, 4) is 11.4 Å². The number of hydrogen-bond donors (Lipinski definition) is 1. The van der Waals surface area contributed by atoms with Crippen molar-refractivity contribution in [2.75, 3.05) is 11.4 Å². The Balaban J connectivity index is 1.64. The Kier molecular flexibility index (Phi) is 6.59. The molecule has 10 nitrogen and oxygen atoms in total. The second kappa shape index (κ2) is 9.56. The van der Waals surface area contributed by atoms with Gasteiger partial charge in [-0.1, -0.05) is 16.7 Å². The van der Waals surface area contributed by atoms with Crippen LogP contribution in [0.1, 0.15) is 24.0 Å². The van der Waals surface area contributed by atoms with E-state index in [2.05, 4.69) is 20.3 Å². The summed E-state index contributed by atoms with van der Waals surface area (Å²) in [5, 5.41) is 12.1. The van der Waals surface area contributed by atoms with Crippen LogP contribution in [0.3, 0.4) is 0 Å². The van der Waals surface area contributed by atoms with Gasteiger partial charge in [-0.15, -0.1) is 9.99 Å². The van der Waals surface area contributed by atoms with Gasteiger partial charge in [-0.25, -0.2) is 4.39 Å². The van der Waals surface area contributed by atoms with Gasteiger partial charge in [0.2, 0.25) is 18.6 Å². The summed E-state index contributed by atoms with van der Waals surface area (Å²) < 4.78 is 30.4. The zero-order chi connectivity index (χ0) is 22.7. The first-order valence-corrected chi connectivity index (χ1v) is 11.1. The summed E-state index contributed by atoms with van der Waals surface area (Å²) in [5.41, 5.74) is 2.28. The monoisotopic (exact) mass is 459 g/mol. The predicted molar refractivity (Wildman–Crippen MR) is 112 cm³/mol. The van der Waals surface area contributed by atoms with Gasteiger partial charge < -0.3 is 0 Å². The van der Waals surface area contributed by atoms with E-state index >= 15 is 0 Å². The van der Waals surface area contributed by atoms with Gasteiger partial charge in [-0.05, 0) is 49.4 Å². The number of anilines is 1. The number of hydrogen-bond acceptors (Lipinski definition) is 7. The number of piperidine rings is 1. The van der Waals surface area contributed by atoms with Crippen molar-refractivity contribution in [2.24, 2.45) is 5.92 Å². The van der Waals surface area contributed by atoms with Gasteiger partial charge in [0.15, 0.2) is 5.82 Å². The van der Waals surface area contributed by atoms with E-state index < -0.39 is 8.25 Å². The standard InChI is InChI=1S/C20H20FN6O4P/c1-13-10-22-23-11-17(13)18-24-20(27(25-18)12-31-32(29)30)26-8-2-3-15(19(26)28)9-14-4-6-16(21)7-5-14/h4-7,10-11,15H,2-3,8-9,12H2,1H3/p+1. The number of aryl methyl sites for hydroxylation is 1. The molecule has 0 spiro atoms. The number of benzene rings is 1. The summed E-state index contributed by atoms with van der Waals surface area (Å²) in [4.78, 5) is 28.4. The number of aromatic nitrogens is 5. The molecular weight excluding hydrogens is 438 g/mol. The van der Waals surface area contributed by atoms with Crippen molar-refractivity contribution >= 4 is 20.1 Å². The highest BCUT2D eigenvalue weighted by Crippen LogP contribution is 2.29. The van der Waals surface area contributed by atoms with E-state index in [9.17, 15) is 13.8 Å². The summed E-state index contributed by atoms with van der Waals surface area (Å²) in [6.45, 7) is 1.91. The third-order valence-corrected chi connectivity index (χ3v) is 5.64. The summed E-state index contributed by atoms with van der Waals surface area (Å²) in [6.07, 6.45) is 5.00. The molecule has 1 aliphatic rings. The Morgan fingerprint density at radius 1 is 1.25 bits per heavy atom. The summed E-state index contributed by atoms with van der Waals surface area (Å²) >= 11 is 0. The molecular formula is C20H21FN6O4P+. The number of carbonyl (C=O) groups excluding carboxylic acids is 1. The third kappa shape index (κ3) is 4.85. The number of halogens is 1. The molecule has 1 aliphatic heterocycles. The van der Waals surface area contributed by atoms with Crippen LogP contribution in [-0.4, -0.2) is 42.3 Å². The molecule has 1 amide bonds. The van der Waals surface area contributed by atoms with E-state index in [1.54, 1.807) is 18.3 Å². The molecule has 4 rings (SSSR count). The topological polar surface area (TPSA) is 123 Å². The van der Waals surface area contributed by atoms with Gasteiger partial charge in [0, 0.05) is 22.6 Å². The first kappa shape index (κ1) is 22.1. The Labute approximate surface area is 184 Å². The highest BCUT2D eigenvalue weighted by atomic mass is 31.1. The van der Waals surface area contributed by atoms with Crippen LogP contribution in [0.15, 0.2) is 36.7 Å². The van der Waals surface area contributed by atoms with Gasteiger partial charge in [0.25, 0.3) is 0 Å². The van der Waals surface area contributed by atoms with E-state index in [1.807, 2.05) is 6.92 Å². The maximum Gasteiger partial charge on any atom is 0.696 e. The Hall–Kier alpha value is -3.14. The molecule has 1 saturated heterocycles. The minimum atomic E-state index is -2.86. The first-order chi connectivity index (χ1) is 15.4. The number of carbonyl (C=O) groups is 1. The second-order valence-corrected chi connectivity index (χ2v) is 8.21. The zero-order valence-corrected chi connectivity index (χ0v) is 18.2. The van der Waals surface area contributed by atoms with Crippen LogP contribution in [0, 0.1) is 18.7 Å². The average molecular weight is 459 g/mol. The summed E-state index contributed by atoms with van der Waals surface area (Å²) in [5.74, 6) is -0.241. The van der Waals surface area contributed by atoms with Gasteiger partial charge in [0.1, 0.15) is 5.82 Å². The largest absolute Gasteiger partial charge is 0.696 e. The quantitative estimate of drug-likeness (QED) is 0.535. The highest BCUT2D eigenvalue weighted by Gasteiger charge is 2.33. The van der Waals surface area contributed by atoms with Gasteiger partial charge in [-0.3, -0.25) is 9.69 Å². The lowest BCUT2D eigenvalue weighted by atomic mass is 9.90. The van der Waals surface area contributed by atoms with E-state index in [0.717, 1.165) is 17.5 Å². The molecule has 0 radical (unpaired) electrons. The fraction of sp³-hybridized carbons (Fsp3) is 0.350. The minimum Gasteiger partial charge on any atom is -0.281 e. The van der Waals surface area contributed by atoms with Crippen molar-refractivity contribution in [1.29, 1.82) is 0 Å². The zero-order valence-electron chi connectivity index (χ0n) is 17.3. The number of amides is 1. The smallest absolute Gasteiger partial charge is 0.281 e. The minimum absolute atomic E-state index is 0.140. The predicted octanol–water partition coefficient (Wildman–Crippen LogP) is 2.79. The Morgan fingerprint density at radius 3 is 2.72 bits per heavy atom. The van der Waals surface area contributed by atoms with Crippen LogP contribution < -0.4 is 4.90 Å². The van der Waals surface area contributed by atoms with E-state index in [0.29, 0.717) is 30.8 Å². The molecule has 0 saturated carbocycles. The fourth-order valence-corrected chi connectivity index (χ4v) is 3.91. The Morgan fingerprint density at radius 2 is 2.00 bits per heavy atom. The normalized spacial score (nSPS) is 17.0. The van der Waals surface area contributed by atoms with Crippen LogP contribution in [0.4, 0.5) is 10.3 Å². The fourth-order valence-electron chi connectivity index (χ4n) is 3.70. The van der Waals surface area contributed by atoms with Crippen LogP contribution in [0.2, 0.25) is 0 Å². The van der Waals surface area contributed by atoms with Crippen molar-refractivity contribution < 1.29 is 23.2 Å². The van der Waals surface area contributed by atoms with Gasteiger partial charge in [-0.2, -0.15) is 19.9 Å². The molecule has 32 heavy (non-hydrogen) atoms. The molecule has 2 aromatic heterocycles. The molecule has 166 valence electrons. The van der Waals surface area contributed by atoms with Gasteiger partial charge >= 0.3 is 8.25 Å². The van der Waals surface area contributed by atoms with Crippen LogP contribution in [0.5, 0.6) is 0 Å². The molecule has 1 fully saturated rings. The highest BCUT2D eigenvalue weighted by molar-refractivity contribution is 7.32. The lowest BCUT2D eigenvalue weighted by Crippen LogP contribution is -2.43. The van der Waals surface area contributed by atoms with E-state index in [1.165, 1.54) is 27.9 Å². The molecule has 2 atom stereocenters. The SMILES string of the molecule is Cc1cnncc1-c1nc(N2CCCC(Cc3ccc(F)cc3)C2=O)n(CO[P+](=O)O)n1. The van der Waals surface area contributed by atoms with E-state index in [4.69, 9.17) is 9.42 Å². The van der Waals surface area contributed by atoms with Crippen LogP contribution in [0.25, 0.3) is 11.4 Å². The molecule has 12 heteroatoms. The van der Waals surface area contributed by atoms with Gasteiger partial charge in [0.05, 0.1) is 12.4 Å². The lowest BCUT2D eigenvalue weighted by Gasteiger charge is -2.31. The summed E-state index contributed by atoms with van der Waals surface area (Å²) in [6, 6.07) is 6.10. The maximum absolute atomic E-state index is 13.3. The lowest BCUT2D eigenvalue weighted by molar-refractivity contribution is -0.123. The van der Waals surface area contributed by atoms with Crippen molar-refractivity contribution in [3.63, 3.8) is 0 Å². The molecule has 0 bridgehead atoms. The maximum atomic E-state index is 13.3. The molecule has 3 heterocycles. The van der Waals surface area contributed by atoms with Crippen LogP contribution >= 0.6 is 8.25 Å². The third-order valence-electron chi connectivity index (χ3n) is 5.30. The van der Waals surface area contributed by atoms with Crippen molar-refractivity contribution in [1.82, 2.24) is 25.0 Å². The summed E-state index contributed by atoms with van der Waals surface area (Å²) in [7, 11) is -2.86. The van der Waals surface area contributed by atoms with E-state index in [-0.39, 0.29) is 30.3 Å². The second-order valence-electron chi connectivity index (χ2n) is 7.48. The molecule has 1 aromatic carbocycles. The number of rotatable bonds is 7. The van der Waals surface area contributed by atoms with Crippen molar-refractivity contribution in [2.45, 2.75) is 32.9 Å². The first-order valence-electron chi connectivity index (χ1n) is 9.99. The van der Waals surface area contributed by atoms with Crippen LogP contribution in [-0.2, 0) is 27.0 Å².